The largest absolute Gasteiger partial charge is 0.313 e. The summed E-state index contributed by atoms with van der Waals surface area (Å²) in [6.07, 6.45) is 2.88. The maximum atomic E-state index is 11.6. The molecule has 21 heavy (non-hydrogen) atoms. The molecular weight excluding hydrogens is 322 g/mol. The van der Waals surface area contributed by atoms with Crippen molar-refractivity contribution in [3.8, 4) is 0 Å². The van der Waals surface area contributed by atoms with E-state index >= 15 is 0 Å². The van der Waals surface area contributed by atoms with Crippen LogP contribution in [0.2, 0.25) is 0 Å². The zero-order chi connectivity index (χ0) is 15.9. The maximum Gasteiger partial charge on any atom is 0.150 e. The van der Waals surface area contributed by atoms with Gasteiger partial charge in [0.1, 0.15) is 9.84 Å². The summed E-state index contributed by atoms with van der Waals surface area (Å²) in [5.74, 6) is 1.78. The third-order valence-corrected chi connectivity index (χ3v) is 9.43. The molecule has 0 saturated carbocycles. The van der Waals surface area contributed by atoms with E-state index in [2.05, 4.69) is 49.6 Å². The number of hydrogen-bond donors (Lipinski definition) is 1. The Morgan fingerprint density at radius 2 is 1.95 bits per heavy atom. The van der Waals surface area contributed by atoms with Gasteiger partial charge in [-0.15, -0.1) is 0 Å². The molecule has 0 bridgehead atoms. The van der Waals surface area contributed by atoms with Crippen LogP contribution in [0.3, 0.4) is 0 Å². The van der Waals surface area contributed by atoms with Gasteiger partial charge in [-0.1, -0.05) is 27.7 Å². The van der Waals surface area contributed by atoms with E-state index in [1.54, 1.807) is 6.92 Å². The molecule has 0 aromatic heterocycles. The normalized spacial score (nSPS) is 28.5. The van der Waals surface area contributed by atoms with Gasteiger partial charge in [-0.25, -0.2) is 8.42 Å². The SMILES string of the molecule is CCCNC(CCCS(=O)(=O)CC)C1CSC(C)C(C)S1. The Kier molecular flexibility index (Phi) is 9.06. The molecule has 1 fully saturated rings. The first kappa shape index (κ1) is 19.7. The van der Waals surface area contributed by atoms with E-state index in [1.165, 1.54) is 5.75 Å². The molecule has 0 radical (unpaired) electrons. The fraction of sp³-hybridized carbons (Fsp3) is 1.00. The van der Waals surface area contributed by atoms with Crippen LogP contribution >= 0.6 is 23.5 Å². The number of thioether (sulfide) groups is 2. The molecule has 1 heterocycles. The van der Waals surface area contributed by atoms with Crippen molar-refractivity contribution in [3.63, 3.8) is 0 Å². The van der Waals surface area contributed by atoms with E-state index in [0.29, 0.717) is 22.3 Å². The van der Waals surface area contributed by atoms with Crippen molar-refractivity contribution in [2.24, 2.45) is 0 Å². The van der Waals surface area contributed by atoms with Crippen molar-refractivity contribution in [2.75, 3.05) is 23.8 Å². The van der Waals surface area contributed by atoms with Gasteiger partial charge in [0.15, 0.2) is 0 Å². The lowest BCUT2D eigenvalue weighted by molar-refractivity contribution is 0.471. The van der Waals surface area contributed by atoms with Crippen molar-refractivity contribution in [2.45, 2.75) is 68.7 Å². The van der Waals surface area contributed by atoms with Gasteiger partial charge in [0.2, 0.25) is 0 Å². The molecule has 0 amide bonds. The van der Waals surface area contributed by atoms with E-state index in [1.807, 2.05) is 0 Å². The molecule has 3 nitrogen and oxygen atoms in total. The van der Waals surface area contributed by atoms with Crippen molar-refractivity contribution in [1.82, 2.24) is 5.32 Å². The lowest BCUT2D eigenvalue weighted by Crippen LogP contribution is -2.43. The smallest absolute Gasteiger partial charge is 0.150 e. The summed E-state index contributed by atoms with van der Waals surface area (Å²) in [4.78, 5) is 0. The van der Waals surface area contributed by atoms with Crippen LogP contribution in [0.1, 0.15) is 47.0 Å². The van der Waals surface area contributed by atoms with Gasteiger partial charge in [0, 0.05) is 33.3 Å². The highest BCUT2D eigenvalue weighted by Gasteiger charge is 2.30. The van der Waals surface area contributed by atoms with Crippen LogP contribution in [0.15, 0.2) is 0 Å². The summed E-state index contributed by atoms with van der Waals surface area (Å²) in [5.41, 5.74) is 0. The van der Waals surface area contributed by atoms with Gasteiger partial charge in [-0.2, -0.15) is 23.5 Å². The number of rotatable bonds is 9. The zero-order valence-electron chi connectivity index (χ0n) is 13.8. The second-order valence-corrected chi connectivity index (χ2v) is 11.4. The monoisotopic (exact) mass is 353 g/mol. The average molecular weight is 354 g/mol. The molecule has 1 saturated heterocycles. The molecule has 1 aliphatic rings. The summed E-state index contributed by atoms with van der Waals surface area (Å²) < 4.78 is 23.3. The van der Waals surface area contributed by atoms with E-state index in [9.17, 15) is 8.42 Å². The highest BCUT2D eigenvalue weighted by atomic mass is 32.2. The molecule has 6 heteroatoms. The van der Waals surface area contributed by atoms with Gasteiger partial charge in [0.05, 0.1) is 5.75 Å². The standard InChI is InChI=1S/C15H31NO2S3/c1-5-9-16-14(8-7-10-21(17,18)6-2)15-11-19-12(3)13(4)20-15/h12-16H,5-11H2,1-4H3. The minimum absolute atomic E-state index is 0.267. The fourth-order valence-corrected chi connectivity index (χ4v) is 6.50. The third-order valence-electron chi connectivity index (χ3n) is 4.09. The van der Waals surface area contributed by atoms with Gasteiger partial charge in [-0.3, -0.25) is 0 Å². The molecule has 1 aliphatic heterocycles. The Balaban J connectivity index is 2.51. The molecule has 4 atom stereocenters. The van der Waals surface area contributed by atoms with Gasteiger partial charge in [-0.05, 0) is 25.8 Å². The Morgan fingerprint density at radius 3 is 2.52 bits per heavy atom. The predicted molar refractivity (Wildman–Crippen MR) is 98.4 cm³/mol. The van der Waals surface area contributed by atoms with Gasteiger partial charge < -0.3 is 5.32 Å². The molecule has 4 unspecified atom stereocenters. The number of hydrogen-bond acceptors (Lipinski definition) is 5. The molecule has 0 aromatic rings. The lowest BCUT2D eigenvalue weighted by Gasteiger charge is -2.36. The molecule has 0 aromatic carbocycles. The van der Waals surface area contributed by atoms with Crippen molar-refractivity contribution >= 4 is 33.4 Å². The highest BCUT2D eigenvalue weighted by Crippen LogP contribution is 2.37. The topological polar surface area (TPSA) is 46.2 Å². The second kappa shape index (κ2) is 9.68. The zero-order valence-corrected chi connectivity index (χ0v) is 16.2. The van der Waals surface area contributed by atoms with Crippen molar-refractivity contribution < 1.29 is 8.42 Å². The number of nitrogens with one attached hydrogen (secondary N) is 1. The van der Waals surface area contributed by atoms with E-state index in [0.717, 1.165) is 31.1 Å². The van der Waals surface area contributed by atoms with E-state index in [4.69, 9.17) is 0 Å². The fourth-order valence-electron chi connectivity index (χ4n) is 2.44. The van der Waals surface area contributed by atoms with Crippen LogP contribution in [0.25, 0.3) is 0 Å². The summed E-state index contributed by atoms with van der Waals surface area (Å²) in [7, 11) is -2.83. The second-order valence-electron chi connectivity index (χ2n) is 5.86. The Bertz CT molecular complexity index is 386. The molecule has 0 aliphatic carbocycles. The number of sulfone groups is 1. The van der Waals surface area contributed by atoms with Gasteiger partial charge in [0.25, 0.3) is 0 Å². The maximum absolute atomic E-state index is 11.6. The lowest BCUT2D eigenvalue weighted by atomic mass is 10.1. The molecule has 0 spiro atoms. The van der Waals surface area contributed by atoms with E-state index in [-0.39, 0.29) is 5.75 Å². The van der Waals surface area contributed by atoms with Crippen LogP contribution in [0.4, 0.5) is 0 Å². The molecule has 1 N–H and O–H groups in total. The van der Waals surface area contributed by atoms with Crippen molar-refractivity contribution in [3.05, 3.63) is 0 Å². The van der Waals surface area contributed by atoms with Crippen molar-refractivity contribution in [1.29, 1.82) is 0 Å². The first-order chi connectivity index (χ1) is 9.89. The van der Waals surface area contributed by atoms with Gasteiger partial charge >= 0.3 is 0 Å². The highest BCUT2D eigenvalue weighted by molar-refractivity contribution is 8.07. The first-order valence-corrected chi connectivity index (χ1v) is 11.9. The summed E-state index contributed by atoms with van der Waals surface area (Å²) in [6.45, 7) is 9.56. The van der Waals surface area contributed by atoms with Crippen LogP contribution in [0.5, 0.6) is 0 Å². The Morgan fingerprint density at radius 1 is 1.24 bits per heavy atom. The first-order valence-electron chi connectivity index (χ1n) is 8.10. The minimum atomic E-state index is -2.83. The Hall–Kier alpha value is 0.610. The summed E-state index contributed by atoms with van der Waals surface area (Å²) >= 11 is 4.14. The van der Waals surface area contributed by atoms with Crippen LogP contribution < -0.4 is 5.32 Å². The van der Waals surface area contributed by atoms with E-state index < -0.39 is 9.84 Å². The summed E-state index contributed by atoms with van der Waals surface area (Å²) in [6, 6.07) is 0.449. The molecule has 1 rings (SSSR count). The predicted octanol–water partition coefficient (Wildman–Crippen LogP) is 3.20. The molecule has 126 valence electrons. The van der Waals surface area contributed by atoms with Crippen LogP contribution in [0, 0.1) is 0 Å². The third kappa shape index (κ3) is 7.14. The minimum Gasteiger partial charge on any atom is -0.313 e. The summed E-state index contributed by atoms with van der Waals surface area (Å²) in [5, 5.41) is 5.66. The Labute approximate surface area is 139 Å². The van der Waals surface area contributed by atoms with Crippen LogP contribution in [-0.2, 0) is 9.84 Å². The average Bonchev–Trinajstić information content (AvgIpc) is 2.45. The van der Waals surface area contributed by atoms with Crippen LogP contribution in [-0.4, -0.2) is 54.0 Å². The quantitative estimate of drug-likeness (QED) is 0.690. The molecular formula is C15H31NO2S3.